The summed E-state index contributed by atoms with van der Waals surface area (Å²) < 4.78 is 11.4. The van der Waals surface area contributed by atoms with Crippen molar-refractivity contribution in [2.45, 2.75) is 65.7 Å². The SMILES string of the molecule is CCCCC(CC)COC(=O)C(C#N)=Cc1ccc(-c2nc3cc(C(C)(C)C)ccc3o2)cc1. The molecule has 5 heteroatoms. The third-order valence-electron chi connectivity index (χ3n) is 6.06. The lowest BCUT2D eigenvalue weighted by molar-refractivity contribution is -0.139. The minimum absolute atomic E-state index is 0.00494. The Bertz CT molecular complexity index is 1190. The van der Waals surface area contributed by atoms with E-state index >= 15 is 0 Å². The fourth-order valence-corrected chi connectivity index (χ4v) is 3.71. The molecule has 0 aliphatic heterocycles. The number of ether oxygens (including phenoxy) is 1. The summed E-state index contributed by atoms with van der Waals surface area (Å²) in [5, 5.41) is 9.47. The molecule has 0 fully saturated rings. The highest BCUT2D eigenvalue weighted by molar-refractivity contribution is 5.97. The predicted octanol–water partition coefficient (Wildman–Crippen LogP) is 7.46. The number of nitriles is 1. The molecule has 0 saturated carbocycles. The molecular weight excluding hydrogens is 424 g/mol. The number of carbonyl (C=O) groups excluding carboxylic acids is 1. The van der Waals surface area contributed by atoms with E-state index in [1.54, 1.807) is 6.08 Å². The molecule has 1 aromatic heterocycles. The average Bonchev–Trinajstić information content (AvgIpc) is 3.26. The zero-order chi connectivity index (χ0) is 24.7. The van der Waals surface area contributed by atoms with E-state index in [0.717, 1.165) is 47.9 Å². The fourth-order valence-electron chi connectivity index (χ4n) is 3.71. The minimum atomic E-state index is -0.574. The van der Waals surface area contributed by atoms with E-state index in [4.69, 9.17) is 9.15 Å². The summed E-state index contributed by atoms with van der Waals surface area (Å²) in [6.07, 6.45) is 5.77. The molecule has 3 aromatic rings. The van der Waals surface area contributed by atoms with Gasteiger partial charge in [0.25, 0.3) is 0 Å². The van der Waals surface area contributed by atoms with Gasteiger partial charge in [0.15, 0.2) is 5.58 Å². The Morgan fingerprint density at radius 1 is 1.18 bits per heavy atom. The smallest absolute Gasteiger partial charge is 0.348 e. The van der Waals surface area contributed by atoms with Crippen LogP contribution in [0, 0.1) is 17.2 Å². The molecular formula is C29H34N2O3. The number of esters is 1. The van der Waals surface area contributed by atoms with Crippen molar-refractivity contribution in [3.05, 3.63) is 59.2 Å². The van der Waals surface area contributed by atoms with Crippen LogP contribution in [0.15, 0.2) is 52.5 Å². The number of benzene rings is 2. The molecule has 178 valence electrons. The number of hydrogen-bond donors (Lipinski definition) is 0. The van der Waals surface area contributed by atoms with E-state index in [-0.39, 0.29) is 11.0 Å². The van der Waals surface area contributed by atoms with E-state index in [1.165, 1.54) is 5.56 Å². The van der Waals surface area contributed by atoms with Gasteiger partial charge >= 0.3 is 5.97 Å². The van der Waals surface area contributed by atoms with Crippen molar-refractivity contribution in [3.8, 4) is 17.5 Å². The summed E-state index contributed by atoms with van der Waals surface area (Å²) >= 11 is 0. The highest BCUT2D eigenvalue weighted by atomic mass is 16.5. The van der Waals surface area contributed by atoms with Crippen molar-refractivity contribution in [1.29, 1.82) is 5.26 Å². The van der Waals surface area contributed by atoms with Crippen LogP contribution >= 0.6 is 0 Å². The summed E-state index contributed by atoms with van der Waals surface area (Å²) in [5.41, 5.74) is 4.36. The first-order chi connectivity index (χ1) is 16.2. The van der Waals surface area contributed by atoms with E-state index in [2.05, 4.69) is 51.7 Å². The van der Waals surface area contributed by atoms with Crippen molar-refractivity contribution in [2.24, 2.45) is 5.92 Å². The van der Waals surface area contributed by atoms with Gasteiger partial charge in [-0.25, -0.2) is 9.78 Å². The normalized spacial score (nSPS) is 13.0. The van der Waals surface area contributed by atoms with Crippen molar-refractivity contribution in [1.82, 2.24) is 4.98 Å². The molecule has 1 unspecified atom stereocenters. The maximum atomic E-state index is 12.4. The van der Waals surface area contributed by atoms with Crippen LogP contribution in [0.5, 0.6) is 0 Å². The lowest BCUT2D eigenvalue weighted by Gasteiger charge is -2.18. The second-order valence-electron chi connectivity index (χ2n) is 9.76. The van der Waals surface area contributed by atoms with Gasteiger partial charge in [-0.2, -0.15) is 5.26 Å². The van der Waals surface area contributed by atoms with E-state index in [1.807, 2.05) is 36.4 Å². The van der Waals surface area contributed by atoms with Crippen LogP contribution in [0.1, 0.15) is 71.4 Å². The Kier molecular flexibility index (Phi) is 8.28. The van der Waals surface area contributed by atoms with Crippen molar-refractivity contribution in [2.75, 3.05) is 6.61 Å². The molecule has 5 nitrogen and oxygen atoms in total. The Morgan fingerprint density at radius 2 is 1.91 bits per heavy atom. The van der Waals surface area contributed by atoms with Crippen molar-refractivity contribution in [3.63, 3.8) is 0 Å². The second-order valence-corrected chi connectivity index (χ2v) is 9.76. The quantitative estimate of drug-likeness (QED) is 0.189. The third kappa shape index (κ3) is 6.35. The van der Waals surface area contributed by atoms with Gasteiger partial charge < -0.3 is 9.15 Å². The maximum absolute atomic E-state index is 12.4. The monoisotopic (exact) mass is 458 g/mol. The molecule has 0 radical (unpaired) electrons. The topological polar surface area (TPSA) is 76.1 Å². The highest BCUT2D eigenvalue weighted by Gasteiger charge is 2.17. The summed E-state index contributed by atoms with van der Waals surface area (Å²) in [5.74, 6) is 0.295. The van der Waals surface area contributed by atoms with Gasteiger partial charge in [0.05, 0.1) is 6.61 Å². The number of nitrogens with zero attached hydrogens (tertiary/aromatic N) is 2. The molecule has 0 amide bonds. The average molecular weight is 459 g/mol. The molecule has 34 heavy (non-hydrogen) atoms. The van der Waals surface area contributed by atoms with Crippen LogP contribution in [-0.4, -0.2) is 17.6 Å². The van der Waals surface area contributed by atoms with Crippen LogP contribution < -0.4 is 0 Å². The van der Waals surface area contributed by atoms with Gasteiger partial charge in [0.2, 0.25) is 5.89 Å². The minimum Gasteiger partial charge on any atom is -0.461 e. The van der Waals surface area contributed by atoms with E-state index in [0.29, 0.717) is 18.4 Å². The number of carbonyl (C=O) groups is 1. The predicted molar refractivity (Wildman–Crippen MR) is 136 cm³/mol. The number of unbranched alkanes of at least 4 members (excludes halogenated alkanes) is 1. The molecule has 0 saturated heterocycles. The molecule has 1 heterocycles. The first-order valence-corrected chi connectivity index (χ1v) is 12.1. The Labute approximate surface area is 202 Å². The third-order valence-corrected chi connectivity index (χ3v) is 6.06. The fraction of sp³-hybridized carbons (Fsp3) is 0.414. The van der Waals surface area contributed by atoms with E-state index < -0.39 is 5.97 Å². The van der Waals surface area contributed by atoms with Crippen molar-refractivity contribution < 1.29 is 13.9 Å². The summed E-state index contributed by atoms with van der Waals surface area (Å²) in [6.45, 7) is 11.1. The molecule has 0 aliphatic rings. The first kappa shape index (κ1) is 25.2. The lowest BCUT2D eigenvalue weighted by Crippen LogP contribution is -2.15. The van der Waals surface area contributed by atoms with Crippen molar-refractivity contribution >= 4 is 23.1 Å². The summed E-state index contributed by atoms with van der Waals surface area (Å²) in [4.78, 5) is 17.1. The first-order valence-electron chi connectivity index (χ1n) is 12.1. The molecule has 0 bridgehead atoms. The van der Waals surface area contributed by atoms with Gasteiger partial charge in [0, 0.05) is 5.56 Å². The van der Waals surface area contributed by atoms with Crippen LogP contribution in [0.2, 0.25) is 0 Å². The van der Waals surface area contributed by atoms with Gasteiger partial charge in [-0.1, -0.05) is 72.1 Å². The van der Waals surface area contributed by atoms with E-state index in [9.17, 15) is 10.1 Å². The van der Waals surface area contributed by atoms with Gasteiger partial charge in [0.1, 0.15) is 17.2 Å². The largest absolute Gasteiger partial charge is 0.461 e. The molecule has 0 spiro atoms. The van der Waals surface area contributed by atoms with Crippen LogP contribution in [0.25, 0.3) is 28.6 Å². The molecule has 0 aliphatic carbocycles. The Balaban J connectivity index is 1.72. The Hall–Kier alpha value is -3.39. The van der Waals surface area contributed by atoms with Crippen LogP contribution in [0.3, 0.4) is 0 Å². The highest BCUT2D eigenvalue weighted by Crippen LogP contribution is 2.29. The van der Waals surface area contributed by atoms with Gasteiger partial charge in [-0.15, -0.1) is 0 Å². The zero-order valence-electron chi connectivity index (χ0n) is 20.9. The number of oxazole rings is 1. The summed E-state index contributed by atoms with van der Waals surface area (Å²) in [7, 11) is 0. The number of aromatic nitrogens is 1. The molecule has 2 aromatic carbocycles. The van der Waals surface area contributed by atoms with Crippen LogP contribution in [-0.2, 0) is 14.9 Å². The number of fused-ring (bicyclic) bond motifs is 1. The summed E-state index contributed by atoms with van der Waals surface area (Å²) in [6, 6.07) is 15.5. The van der Waals surface area contributed by atoms with Gasteiger partial charge in [-0.3, -0.25) is 0 Å². The lowest BCUT2D eigenvalue weighted by atomic mass is 9.87. The number of rotatable bonds is 9. The molecule has 1 atom stereocenters. The van der Waals surface area contributed by atoms with Crippen LogP contribution in [0.4, 0.5) is 0 Å². The molecule has 3 rings (SSSR count). The molecule has 0 N–H and O–H groups in total. The maximum Gasteiger partial charge on any atom is 0.348 e. The zero-order valence-corrected chi connectivity index (χ0v) is 20.9. The van der Waals surface area contributed by atoms with Gasteiger partial charge in [-0.05, 0) is 59.2 Å². The second kappa shape index (κ2) is 11.2. The number of hydrogen-bond acceptors (Lipinski definition) is 5. The standard InChI is InChI=1S/C29H34N2O3/c1-6-8-9-20(7-2)19-33-28(32)23(18-30)16-21-10-12-22(13-11-21)27-31-25-17-24(29(3,4)5)14-15-26(25)34-27/h10-17,20H,6-9,19H2,1-5H3. The Morgan fingerprint density at radius 3 is 2.53 bits per heavy atom.